The molecule has 7 heteroatoms. The summed E-state index contributed by atoms with van der Waals surface area (Å²) in [7, 11) is 0. The van der Waals surface area contributed by atoms with Gasteiger partial charge in [-0.05, 0) is 44.9 Å². The van der Waals surface area contributed by atoms with E-state index in [0.717, 1.165) is 37.4 Å². The molecular formula is C21H29N5O2. The van der Waals surface area contributed by atoms with E-state index in [-0.39, 0.29) is 11.8 Å². The number of aryl methyl sites for hydroxylation is 1. The lowest BCUT2D eigenvalue weighted by Gasteiger charge is -2.31. The Balaban J connectivity index is 1.51. The summed E-state index contributed by atoms with van der Waals surface area (Å²) in [5, 5.41) is 6.28. The average Bonchev–Trinajstić information content (AvgIpc) is 2.73. The number of carbonyl (C=O) groups excluding carboxylic acids is 1. The Kier molecular flexibility index (Phi) is 7.19. The highest BCUT2D eigenvalue weighted by molar-refractivity contribution is 5.78. The normalized spacial score (nSPS) is 14.7. The van der Waals surface area contributed by atoms with Gasteiger partial charge in [-0.1, -0.05) is 17.7 Å². The molecule has 0 atom stereocenters. The molecule has 1 aromatic heterocycles. The number of nitrogens with one attached hydrogen (secondary N) is 2. The van der Waals surface area contributed by atoms with E-state index in [0.29, 0.717) is 25.7 Å². The van der Waals surface area contributed by atoms with E-state index < -0.39 is 0 Å². The molecule has 0 saturated carbocycles. The van der Waals surface area contributed by atoms with E-state index in [1.807, 2.05) is 25.1 Å². The van der Waals surface area contributed by atoms with Crippen molar-refractivity contribution in [3.05, 3.63) is 42.1 Å². The summed E-state index contributed by atoms with van der Waals surface area (Å²) in [5.74, 6) is 1.64. The molecular weight excluding hydrogens is 354 g/mol. The third-order valence-corrected chi connectivity index (χ3v) is 4.87. The zero-order valence-electron chi connectivity index (χ0n) is 16.6. The summed E-state index contributed by atoms with van der Waals surface area (Å²) in [6, 6.07) is 10.1. The minimum absolute atomic E-state index is 0.0479. The number of carbonyl (C=O) groups is 1. The third-order valence-electron chi connectivity index (χ3n) is 4.87. The number of benzene rings is 1. The summed E-state index contributed by atoms with van der Waals surface area (Å²) in [6.45, 7) is 7.37. The fourth-order valence-electron chi connectivity index (χ4n) is 3.23. The number of rotatable bonds is 8. The maximum atomic E-state index is 12.3. The summed E-state index contributed by atoms with van der Waals surface area (Å²) >= 11 is 0. The first-order chi connectivity index (χ1) is 13.7. The minimum Gasteiger partial charge on any atom is -0.380 e. The average molecular weight is 383 g/mol. The van der Waals surface area contributed by atoms with E-state index in [1.165, 1.54) is 5.56 Å². The van der Waals surface area contributed by atoms with Gasteiger partial charge in [-0.15, -0.1) is 0 Å². The van der Waals surface area contributed by atoms with E-state index in [9.17, 15) is 4.79 Å². The summed E-state index contributed by atoms with van der Waals surface area (Å²) in [6.07, 6.45) is 3.38. The van der Waals surface area contributed by atoms with Gasteiger partial charge in [-0.25, -0.2) is 4.98 Å². The minimum atomic E-state index is 0.0479. The van der Waals surface area contributed by atoms with Gasteiger partial charge in [0, 0.05) is 44.0 Å². The highest BCUT2D eigenvalue weighted by atomic mass is 16.5. The number of piperidine rings is 1. The van der Waals surface area contributed by atoms with Crippen molar-refractivity contribution in [2.75, 3.05) is 43.1 Å². The van der Waals surface area contributed by atoms with Crippen LogP contribution in [0.25, 0.3) is 0 Å². The molecule has 0 bridgehead atoms. The summed E-state index contributed by atoms with van der Waals surface area (Å²) < 4.78 is 5.26. The van der Waals surface area contributed by atoms with Crippen molar-refractivity contribution in [2.24, 2.45) is 5.92 Å². The smallest absolute Gasteiger partial charge is 0.227 e. The molecule has 2 heterocycles. The van der Waals surface area contributed by atoms with E-state index in [1.54, 1.807) is 6.20 Å². The fourth-order valence-corrected chi connectivity index (χ4v) is 3.23. The van der Waals surface area contributed by atoms with Gasteiger partial charge in [0.1, 0.15) is 5.82 Å². The van der Waals surface area contributed by atoms with Gasteiger partial charge in [0.25, 0.3) is 0 Å². The van der Waals surface area contributed by atoms with Crippen molar-refractivity contribution in [2.45, 2.75) is 26.7 Å². The molecule has 2 N–H and O–H groups in total. The zero-order valence-corrected chi connectivity index (χ0v) is 16.6. The van der Waals surface area contributed by atoms with E-state index >= 15 is 0 Å². The number of ether oxygens (including phenoxy) is 1. The van der Waals surface area contributed by atoms with Crippen LogP contribution in [0.15, 0.2) is 36.5 Å². The molecule has 1 saturated heterocycles. The van der Waals surface area contributed by atoms with Crippen molar-refractivity contribution >= 4 is 23.4 Å². The molecule has 1 aliphatic heterocycles. The van der Waals surface area contributed by atoms with Crippen molar-refractivity contribution in [1.29, 1.82) is 0 Å². The van der Waals surface area contributed by atoms with Gasteiger partial charge in [-0.2, -0.15) is 4.98 Å². The molecule has 1 aromatic carbocycles. The zero-order chi connectivity index (χ0) is 19.8. The number of amides is 1. The number of nitrogens with zero attached hydrogens (tertiary/aromatic N) is 3. The Labute approximate surface area is 166 Å². The lowest BCUT2D eigenvalue weighted by molar-refractivity contribution is -0.125. The van der Waals surface area contributed by atoms with Crippen LogP contribution in [-0.2, 0) is 9.53 Å². The maximum Gasteiger partial charge on any atom is 0.227 e. The first-order valence-electron chi connectivity index (χ1n) is 9.93. The van der Waals surface area contributed by atoms with Crippen LogP contribution in [0.2, 0.25) is 0 Å². The monoisotopic (exact) mass is 383 g/mol. The van der Waals surface area contributed by atoms with Crippen LogP contribution in [-0.4, -0.2) is 48.7 Å². The number of hydrogen-bond acceptors (Lipinski definition) is 6. The second-order valence-corrected chi connectivity index (χ2v) is 6.98. The van der Waals surface area contributed by atoms with Crippen LogP contribution in [0.3, 0.4) is 0 Å². The molecule has 1 amide bonds. The predicted octanol–water partition coefficient (Wildman–Crippen LogP) is 2.90. The lowest BCUT2D eigenvalue weighted by Crippen LogP contribution is -2.41. The molecule has 28 heavy (non-hydrogen) atoms. The van der Waals surface area contributed by atoms with Crippen molar-refractivity contribution in [3.8, 4) is 0 Å². The predicted molar refractivity (Wildman–Crippen MR) is 111 cm³/mol. The van der Waals surface area contributed by atoms with Gasteiger partial charge in [0.05, 0.1) is 6.61 Å². The van der Waals surface area contributed by atoms with Crippen molar-refractivity contribution in [3.63, 3.8) is 0 Å². The van der Waals surface area contributed by atoms with Gasteiger partial charge in [0.15, 0.2) is 0 Å². The topological polar surface area (TPSA) is 79.4 Å². The maximum absolute atomic E-state index is 12.3. The van der Waals surface area contributed by atoms with Crippen LogP contribution in [0.1, 0.15) is 25.3 Å². The van der Waals surface area contributed by atoms with Gasteiger partial charge < -0.3 is 20.3 Å². The van der Waals surface area contributed by atoms with Crippen LogP contribution in [0, 0.1) is 12.8 Å². The second kappa shape index (κ2) is 10.0. The highest BCUT2D eigenvalue weighted by Crippen LogP contribution is 2.22. The van der Waals surface area contributed by atoms with E-state index in [2.05, 4.69) is 44.6 Å². The Bertz CT molecular complexity index is 758. The molecule has 150 valence electrons. The van der Waals surface area contributed by atoms with Crippen molar-refractivity contribution in [1.82, 2.24) is 15.3 Å². The molecule has 2 aromatic rings. The lowest BCUT2D eigenvalue weighted by atomic mass is 9.96. The standard InChI is InChI=1S/C21H29N5O2/c1-3-28-15-12-22-20(27)17-9-13-26(14-10-17)21-23-11-8-19(25-21)24-18-6-4-16(2)5-7-18/h4-8,11,17H,3,9-10,12-15H2,1-2H3,(H,22,27)(H,23,24,25). The SMILES string of the molecule is CCOCCNC(=O)C1CCN(c2nccc(Nc3ccc(C)cc3)n2)CC1. The number of hydrogen-bond donors (Lipinski definition) is 2. The molecule has 1 fully saturated rings. The van der Waals surface area contributed by atoms with Crippen LogP contribution >= 0.6 is 0 Å². The highest BCUT2D eigenvalue weighted by Gasteiger charge is 2.26. The second-order valence-electron chi connectivity index (χ2n) is 6.98. The quantitative estimate of drug-likeness (QED) is 0.683. The van der Waals surface area contributed by atoms with Crippen LogP contribution < -0.4 is 15.5 Å². The number of anilines is 3. The Morgan fingerprint density at radius 3 is 2.68 bits per heavy atom. The first kappa shape index (κ1) is 20.1. The van der Waals surface area contributed by atoms with Crippen LogP contribution in [0.4, 0.5) is 17.5 Å². The fraction of sp³-hybridized carbons (Fsp3) is 0.476. The Morgan fingerprint density at radius 2 is 1.96 bits per heavy atom. The first-order valence-corrected chi connectivity index (χ1v) is 9.93. The largest absolute Gasteiger partial charge is 0.380 e. The molecule has 0 radical (unpaired) electrons. The van der Waals surface area contributed by atoms with Gasteiger partial charge >= 0.3 is 0 Å². The Hall–Kier alpha value is -2.67. The molecule has 0 aliphatic carbocycles. The molecule has 1 aliphatic rings. The third kappa shape index (κ3) is 5.66. The molecule has 3 rings (SSSR count). The molecule has 0 spiro atoms. The number of aromatic nitrogens is 2. The van der Waals surface area contributed by atoms with Gasteiger partial charge in [-0.3, -0.25) is 4.79 Å². The Morgan fingerprint density at radius 1 is 1.21 bits per heavy atom. The van der Waals surface area contributed by atoms with Crippen LogP contribution in [0.5, 0.6) is 0 Å². The summed E-state index contributed by atoms with van der Waals surface area (Å²) in [4.78, 5) is 23.5. The summed E-state index contributed by atoms with van der Waals surface area (Å²) in [5.41, 5.74) is 2.22. The van der Waals surface area contributed by atoms with E-state index in [4.69, 9.17) is 4.74 Å². The van der Waals surface area contributed by atoms with Crippen molar-refractivity contribution < 1.29 is 9.53 Å². The molecule has 0 unspecified atom stereocenters. The van der Waals surface area contributed by atoms with Gasteiger partial charge in [0.2, 0.25) is 11.9 Å². The molecule has 7 nitrogen and oxygen atoms in total.